The number of carboxylic acids is 1. The second kappa shape index (κ2) is 14.1. The van der Waals surface area contributed by atoms with Crippen molar-refractivity contribution < 1.29 is 33.9 Å². The summed E-state index contributed by atoms with van der Waals surface area (Å²) in [4.78, 5) is 69.5. The first kappa shape index (κ1) is 30.8. The van der Waals surface area contributed by atoms with Crippen LogP contribution in [0.1, 0.15) is 48.0 Å². The number of hydrogen-bond donors (Lipinski definition) is 3. The van der Waals surface area contributed by atoms with E-state index in [0.29, 0.717) is 27.6 Å². The molecule has 0 aliphatic carbocycles. The highest BCUT2D eigenvalue weighted by Gasteiger charge is 2.44. The van der Waals surface area contributed by atoms with Gasteiger partial charge < -0.3 is 20.6 Å². The third kappa shape index (κ3) is 7.56. The minimum absolute atomic E-state index is 0.00258. The molecule has 42 heavy (non-hydrogen) atoms. The molecule has 2 aliphatic rings. The van der Waals surface area contributed by atoms with Crippen LogP contribution < -0.4 is 10.6 Å². The predicted molar refractivity (Wildman–Crippen MR) is 152 cm³/mol. The quantitative estimate of drug-likeness (QED) is 0.273. The maximum absolute atomic E-state index is 13.6. The molecule has 2 fully saturated rings. The minimum Gasteiger partial charge on any atom is -0.481 e. The number of nitrogens with one attached hydrogen (secondary N) is 2. The van der Waals surface area contributed by atoms with E-state index in [2.05, 4.69) is 15.8 Å². The van der Waals surface area contributed by atoms with Crippen LogP contribution in [-0.4, -0.2) is 75.6 Å². The van der Waals surface area contributed by atoms with E-state index in [1.165, 1.54) is 5.01 Å². The average molecular weight is 618 g/mol. The number of carbonyl (C=O) groups is 5. The zero-order valence-electron chi connectivity index (χ0n) is 22.4. The van der Waals surface area contributed by atoms with Gasteiger partial charge in [0.15, 0.2) is 0 Å². The van der Waals surface area contributed by atoms with Gasteiger partial charge >= 0.3 is 5.97 Å². The Morgan fingerprint density at radius 2 is 1.79 bits per heavy atom. The molecule has 0 saturated carbocycles. The second-order valence-electron chi connectivity index (χ2n) is 9.73. The normalized spacial score (nSPS) is 19.6. The van der Waals surface area contributed by atoms with Gasteiger partial charge in [-0.05, 0) is 43.5 Å². The Morgan fingerprint density at radius 3 is 2.48 bits per heavy atom. The highest BCUT2D eigenvalue weighted by Crippen LogP contribution is 2.26. The molecule has 0 bridgehead atoms. The molecule has 14 heteroatoms. The minimum atomic E-state index is -1.21. The number of hydrogen-bond acceptors (Lipinski definition) is 7. The SMILES string of the molecule is O=C(O)C[C@@H](C=NOCc1c(Cl)cccc1Cl)NC(=O)[C@@H]1CCCN2C(=O)CC[C@H](NC(=O)c3ccccc3)C(=O)N12. The van der Waals surface area contributed by atoms with Gasteiger partial charge in [0.2, 0.25) is 11.8 Å². The Labute approximate surface area is 251 Å². The molecule has 2 aromatic carbocycles. The van der Waals surface area contributed by atoms with E-state index in [4.69, 9.17) is 28.0 Å². The summed E-state index contributed by atoms with van der Waals surface area (Å²) in [6.45, 7) is 0.132. The van der Waals surface area contributed by atoms with Gasteiger partial charge in [-0.15, -0.1) is 0 Å². The first-order valence-corrected chi connectivity index (χ1v) is 14.0. The van der Waals surface area contributed by atoms with Gasteiger partial charge in [0.25, 0.3) is 11.8 Å². The molecule has 0 spiro atoms. The van der Waals surface area contributed by atoms with Gasteiger partial charge in [-0.25, -0.2) is 5.01 Å². The zero-order chi connectivity index (χ0) is 30.2. The lowest BCUT2D eigenvalue weighted by Gasteiger charge is -2.43. The highest BCUT2D eigenvalue weighted by atomic mass is 35.5. The van der Waals surface area contributed by atoms with Gasteiger partial charge in [0.05, 0.1) is 18.7 Å². The molecule has 0 radical (unpaired) electrons. The molecule has 2 aliphatic heterocycles. The molecule has 4 rings (SSSR count). The van der Waals surface area contributed by atoms with Crippen LogP contribution in [0.4, 0.5) is 0 Å². The molecule has 0 unspecified atom stereocenters. The van der Waals surface area contributed by atoms with Gasteiger partial charge in [-0.3, -0.25) is 29.0 Å². The average Bonchev–Trinajstić information content (AvgIpc) is 3.08. The number of hydrazine groups is 1. The number of carboxylic acid groups (broad SMARTS) is 1. The fourth-order valence-corrected chi connectivity index (χ4v) is 5.24. The van der Waals surface area contributed by atoms with Crippen molar-refractivity contribution in [3.63, 3.8) is 0 Å². The summed E-state index contributed by atoms with van der Waals surface area (Å²) < 4.78 is 0. The van der Waals surface area contributed by atoms with Crippen LogP contribution in [-0.2, 0) is 30.6 Å². The van der Waals surface area contributed by atoms with Crippen molar-refractivity contribution in [1.29, 1.82) is 0 Å². The van der Waals surface area contributed by atoms with E-state index < -0.39 is 48.2 Å². The molecule has 2 saturated heterocycles. The summed E-state index contributed by atoms with van der Waals surface area (Å²) >= 11 is 12.2. The third-order valence-electron chi connectivity index (χ3n) is 6.81. The molecule has 4 amide bonds. The van der Waals surface area contributed by atoms with E-state index in [-0.39, 0.29) is 38.3 Å². The standard InChI is InChI=1S/C28H29Cl2N5O7/c29-20-8-4-9-21(30)19(20)16-42-31-15-18(14-25(37)38)32-27(40)23-10-5-13-34-24(36)12-11-22(28(41)35(23)34)33-26(39)17-6-2-1-3-7-17/h1-4,6-9,15,18,22-23H,5,10-14,16H2,(H,32,40)(H,33,39)(H,37,38)/t18-,22-,23-/m0/s1. The lowest BCUT2D eigenvalue weighted by molar-refractivity contribution is -0.176. The number of fused-ring (bicyclic) bond motifs is 1. The van der Waals surface area contributed by atoms with Gasteiger partial charge in [-0.1, -0.05) is 52.6 Å². The summed E-state index contributed by atoms with van der Waals surface area (Å²) in [6, 6.07) is 10.0. The van der Waals surface area contributed by atoms with E-state index in [1.54, 1.807) is 48.5 Å². The number of halogens is 2. The predicted octanol–water partition coefficient (Wildman–Crippen LogP) is 2.78. The molecule has 2 heterocycles. The van der Waals surface area contributed by atoms with Crippen molar-refractivity contribution in [2.75, 3.05) is 6.54 Å². The molecule has 0 aromatic heterocycles. The smallest absolute Gasteiger partial charge is 0.305 e. The van der Waals surface area contributed by atoms with Crippen molar-refractivity contribution >= 4 is 59.0 Å². The first-order valence-electron chi connectivity index (χ1n) is 13.3. The molecule has 2 aromatic rings. The number of aliphatic carboxylic acids is 1. The van der Waals surface area contributed by atoms with Gasteiger partial charge in [-0.2, -0.15) is 0 Å². The maximum Gasteiger partial charge on any atom is 0.305 e. The Kier molecular flexibility index (Phi) is 10.4. The molecular formula is C28H29Cl2N5O7. The van der Waals surface area contributed by atoms with Crippen LogP contribution in [0.25, 0.3) is 0 Å². The third-order valence-corrected chi connectivity index (χ3v) is 7.52. The fourth-order valence-electron chi connectivity index (χ4n) is 4.73. The lowest BCUT2D eigenvalue weighted by atomic mass is 10.0. The van der Waals surface area contributed by atoms with Crippen molar-refractivity contribution in [3.8, 4) is 0 Å². The Bertz CT molecular complexity index is 1350. The fraction of sp³-hybridized carbons (Fsp3) is 0.357. The number of carbonyl (C=O) groups excluding carboxylic acids is 4. The maximum atomic E-state index is 13.6. The second-order valence-corrected chi connectivity index (χ2v) is 10.5. The van der Waals surface area contributed by atoms with E-state index >= 15 is 0 Å². The molecule has 12 nitrogen and oxygen atoms in total. The van der Waals surface area contributed by atoms with Crippen molar-refractivity contribution in [2.45, 2.75) is 56.8 Å². The monoisotopic (exact) mass is 617 g/mol. The lowest BCUT2D eigenvalue weighted by Crippen LogP contribution is -2.64. The molecular weight excluding hydrogens is 589 g/mol. The highest BCUT2D eigenvalue weighted by molar-refractivity contribution is 6.35. The van der Waals surface area contributed by atoms with Crippen LogP contribution in [0.15, 0.2) is 53.7 Å². The summed E-state index contributed by atoms with van der Waals surface area (Å²) in [7, 11) is 0. The van der Waals surface area contributed by atoms with Crippen LogP contribution in [0.3, 0.4) is 0 Å². The van der Waals surface area contributed by atoms with Crippen LogP contribution in [0.5, 0.6) is 0 Å². The number of amides is 4. The van der Waals surface area contributed by atoms with Crippen molar-refractivity contribution in [1.82, 2.24) is 20.7 Å². The Hall–Kier alpha value is -4.16. The van der Waals surface area contributed by atoms with E-state index in [1.807, 2.05) is 0 Å². The summed E-state index contributed by atoms with van der Waals surface area (Å²) in [5.74, 6) is -3.33. The van der Waals surface area contributed by atoms with Crippen molar-refractivity contribution in [2.24, 2.45) is 5.16 Å². The summed E-state index contributed by atoms with van der Waals surface area (Å²) in [6.07, 6.45) is 1.32. The van der Waals surface area contributed by atoms with Crippen LogP contribution in [0, 0.1) is 0 Å². The molecule has 3 N–H and O–H groups in total. The van der Waals surface area contributed by atoms with Crippen LogP contribution >= 0.6 is 23.2 Å². The summed E-state index contributed by atoms with van der Waals surface area (Å²) in [5, 5.41) is 21.5. The van der Waals surface area contributed by atoms with Gasteiger partial charge in [0, 0.05) is 34.1 Å². The summed E-state index contributed by atoms with van der Waals surface area (Å²) in [5.41, 5.74) is 0.831. The largest absolute Gasteiger partial charge is 0.481 e. The number of nitrogens with zero attached hydrogens (tertiary/aromatic N) is 3. The topological polar surface area (TPSA) is 158 Å². The number of benzene rings is 2. The number of oxime groups is 1. The zero-order valence-corrected chi connectivity index (χ0v) is 23.9. The molecule has 3 atom stereocenters. The van der Waals surface area contributed by atoms with Gasteiger partial charge in [0.1, 0.15) is 18.7 Å². The Balaban J connectivity index is 1.47. The number of rotatable bonds is 10. The van der Waals surface area contributed by atoms with E-state index in [9.17, 15) is 29.1 Å². The van der Waals surface area contributed by atoms with Crippen molar-refractivity contribution in [3.05, 3.63) is 69.7 Å². The molecule has 222 valence electrons. The Morgan fingerprint density at radius 1 is 1.07 bits per heavy atom. The van der Waals surface area contributed by atoms with Crippen LogP contribution in [0.2, 0.25) is 10.0 Å². The first-order chi connectivity index (χ1) is 20.2. The van der Waals surface area contributed by atoms with E-state index in [0.717, 1.165) is 11.2 Å².